The largest absolute Gasteiger partial charge is 0.303 e. The van der Waals surface area contributed by atoms with Crippen LogP contribution in [0.1, 0.15) is 12.0 Å². The summed E-state index contributed by atoms with van der Waals surface area (Å²) in [5.41, 5.74) is -0.530. The second-order valence-electron chi connectivity index (χ2n) is 2.35. The van der Waals surface area contributed by atoms with Crippen LogP contribution in [0.2, 0.25) is 0 Å². The van der Waals surface area contributed by atoms with E-state index in [4.69, 9.17) is 0 Å². The van der Waals surface area contributed by atoms with Crippen molar-refractivity contribution >= 4 is 12.4 Å². The smallest absolute Gasteiger partial charge is 0.269 e. The van der Waals surface area contributed by atoms with Gasteiger partial charge in [0, 0.05) is 18.1 Å². The predicted octanol–water partition coefficient (Wildman–Crippen LogP) is -0.335. The van der Waals surface area contributed by atoms with E-state index in [2.05, 4.69) is 10.2 Å². The van der Waals surface area contributed by atoms with E-state index >= 15 is 0 Å². The standard InChI is InChI=1S/C8H8N2O3/c11-4-2-1-3-6-5-7(12)9-10-8(6)13/h1,3-5H,2H2,(H,9,12)(H,10,13). The predicted molar refractivity (Wildman–Crippen MR) is 47.4 cm³/mol. The highest BCUT2D eigenvalue weighted by Crippen LogP contribution is 1.89. The Morgan fingerprint density at radius 3 is 2.77 bits per heavy atom. The van der Waals surface area contributed by atoms with Gasteiger partial charge in [-0.05, 0) is 0 Å². The van der Waals surface area contributed by atoms with Gasteiger partial charge in [0.15, 0.2) is 0 Å². The summed E-state index contributed by atoms with van der Waals surface area (Å²) < 4.78 is 0. The van der Waals surface area contributed by atoms with E-state index < -0.39 is 0 Å². The summed E-state index contributed by atoms with van der Waals surface area (Å²) in [7, 11) is 0. The molecule has 1 aromatic rings. The number of rotatable bonds is 3. The molecule has 0 saturated heterocycles. The molecule has 0 unspecified atom stereocenters. The normalized spacial score (nSPS) is 10.5. The fourth-order valence-electron chi connectivity index (χ4n) is 0.808. The zero-order valence-electron chi connectivity index (χ0n) is 6.74. The van der Waals surface area contributed by atoms with Gasteiger partial charge >= 0.3 is 0 Å². The number of H-pyrrole nitrogens is 2. The van der Waals surface area contributed by atoms with Crippen LogP contribution in [-0.4, -0.2) is 16.5 Å². The number of aromatic amines is 2. The molecule has 0 aromatic carbocycles. The van der Waals surface area contributed by atoms with E-state index in [1.807, 2.05) is 0 Å². The fourth-order valence-corrected chi connectivity index (χ4v) is 0.808. The van der Waals surface area contributed by atoms with Crippen LogP contribution in [0.25, 0.3) is 6.08 Å². The van der Waals surface area contributed by atoms with Crippen LogP contribution in [0.15, 0.2) is 21.7 Å². The summed E-state index contributed by atoms with van der Waals surface area (Å²) in [6.07, 6.45) is 3.88. The van der Waals surface area contributed by atoms with E-state index in [-0.39, 0.29) is 23.1 Å². The minimum Gasteiger partial charge on any atom is -0.303 e. The highest BCUT2D eigenvalue weighted by molar-refractivity contribution is 5.57. The van der Waals surface area contributed by atoms with Crippen molar-refractivity contribution in [1.29, 1.82) is 0 Å². The maximum Gasteiger partial charge on any atom is 0.269 e. The van der Waals surface area contributed by atoms with Gasteiger partial charge in [-0.1, -0.05) is 12.2 Å². The Bertz CT molecular complexity index is 428. The van der Waals surface area contributed by atoms with Crippen LogP contribution < -0.4 is 11.1 Å². The lowest BCUT2D eigenvalue weighted by atomic mass is 10.2. The molecule has 68 valence electrons. The van der Waals surface area contributed by atoms with Gasteiger partial charge < -0.3 is 4.79 Å². The van der Waals surface area contributed by atoms with Gasteiger partial charge in [-0.15, -0.1) is 0 Å². The second kappa shape index (κ2) is 4.20. The second-order valence-corrected chi connectivity index (χ2v) is 2.35. The van der Waals surface area contributed by atoms with Crippen molar-refractivity contribution in [2.45, 2.75) is 6.42 Å². The summed E-state index contributed by atoms with van der Waals surface area (Å²) in [5, 5.41) is 4.30. The first kappa shape index (κ1) is 9.18. The molecule has 0 spiro atoms. The summed E-state index contributed by atoms with van der Waals surface area (Å²) >= 11 is 0. The van der Waals surface area contributed by atoms with E-state index in [0.29, 0.717) is 6.29 Å². The van der Waals surface area contributed by atoms with Crippen molar-refractivity contribution < 1.29 is 4.79 Å². The molecule has 1 aromatic heterocycles. The lowest BCUT2D eigenvalue weighted by Crippen LogP contribution is -2.19. The number of aromatic nitrogens is 2. The molecular formula is C8H8N2O3. The number of carbonyl (C=O) groups is 1. The monoisotopic (exact) mass is 180 g/mol. The highest BCUT2D eigenvalue weighted by Gasteiger charge is 1.94. The molecule has 0 saturated carbocycles. The molecule has 13 heavy (non-hydrogen) atoms. The van der Waals surface area contributed by atoms with Gasteiger partial charge in [-0.25, -0.2) is 0 Å². The zero-order valence-corrected chi connectivity index (χ0v) is 6.74. The maximum atomic E-state index is 11.0. The Morgan fingerprint density at radius 2 is 2.08 bits per heavy atom. The summed E-state index contributed by atoms with van der Waals surface area (Å²) in [4.78, 5) is 31.7. The Balaban J connectivity index is 3.00. The van der Waals surface area contributed by atoms with Gasteiger partial charge in [0.05, 0.1) is 0 Å². The average Bonchev–Trinajstić information content (AvgIpc) is 2.11. The van der Waals surface area contributed by atoms with Crippen molar-refractivity contribution in [3.05, 3.63) is 38.4 Å². The minimum atomic E-state index is -0.387. The third kappa shape index (κ3) is 2.55. The van der Waals surface area contributed by atoms with E-state index in [1.54, 1.807) is 0 Å². The molecule has 0 bridgehead atoms. The van der Waals surface area contributed by atoms with E-state index in [9.17, 15) is 14.4 Å². The number of aldehydes is 1. The van der Waals surface area contributed by atoms with E-state index in [1.165, 1.54) is 18.2 Å². The number of nitrogens with one attached hydrogen (secondary N) is 2. The molecule has 0 atom stereocenters. The van der Waals surface area contributed by atoms with Gasteiger partial charge in [0.1, 0.15) is 6.29 Å². The van der Waals surface area contributed by atoms with Crippen LogP contribution in [-0.2, 0) is 4.79 Å². The molecule has 0 aliphatic heterocycles. The van der Waals surface area contributed by atoms with Crippen LogP contribution >= 0.6 is 0 Å². The quantitative estimate of drug-likeness (QED) is 0.624. The molecule has 0 aliphatic carbocycles. The molecular weight excluding hydrogens is 172 g/mol. The SMILES string of the molecule is O=CCC=Cc1cc(=O)[nH][nH]c1=O. The maximum absolute atomic E-state index is 11.0. The Labute approximate surface area is 73.1 Å². The summed E-state index contributed by atoms with van der Waals surface area (Å²) in [5.74, 6) is 0. The van der Waals surface area contributed by atoms with Gasteiger partial charge in [-0.2, -0.15) is 0 Å². The molecule has 0 amide bonds. The third-order valence-corrected chi connectivity index (χ3v) is 1.38. The fraction of sp³-hybridized carbons (Fsp3) is 0.125. The summed E-state index contributed by atoms with van der Waals surface area (Å²) in [6.45, 7) is 0. The van der Waals surface area contributed by atoms with Crippen molar-refractivity contribution in [1.82, 2.24) is 10.2 Å². The molecule has 1 rings (SSSR count). The molecule has 5 nitrogen and oxygen atoms in total. The molecule has 0 radical (unpaired) electrons. The highest BCUT2D eigenvalue weighted by atomic mass is 16.1. The molecule has 5 heteroatoms. The van der Waals surface area contributed by atoms with Gasteiger partial charge in [0.25, 0.3) is 11.1 Å². The number of hydrogen-bond acceptors (Lipinski definition) is 3. The van der Waals surface area contributed by atoms with Crippen LogP contribution in [0.3, 0.4) is 0 Å². The topological polar surface area (TPSA) is 82.8 Å². The number of allylic oxidation sites excluding steroid dienone is 1. The van der Waals surface area contributed by atoms with Crippen LogP contribution in [0.4, 0.5) is 0 Å². The van der Waals surface area contributed by atoms with Crippen LogP contribution in [0.5, 0.6) is 0 Å². The Hall–Kier alpha value is -1.91. The molecule has 0 aliphatic rings. The van der Waals surface area contributed by atoms with Gasteiger partial charge in [-0.3, -0.25) is 19.8 Å². The number of hydrogen-bond donors (Lipinski definition) is 2. The zero-order chi connectivity index (χ0) is 9.68. The van der Waals surface area contributed by atoms with Gasteiger partial charge in [0.2, 0.25) is 0 Å². The number of carbonyl (C=O) groups excluding carboxylic acids is 1. The van der Waals surface area contributed by atoms with Crippen molar-refractivity contribution in [2.75, 3.05) is 0 Å². The third-order valence-electron chi connectivity index (χ3n) is 1.38. The minimum absolute atomic E-state index is 0.228. The average molecular weight is 180 g/mol. The summed E-state index contributed by atoms with van der Waals surface area (Å²) in [6, 6.07) is 1.17. The Morgan fingerprint density at radius 1 is 1.31 bits per heavy atom. The van der Waals surface area contributed by atoms with Crippen LogP contribution in [0, 0.1) is 0 Å². The Kier molecular flexibility index (Phi) is 2.97. The first-order valence-electron chi connectivity index (χ1n) is 3.66. The molecule has 1 heterocycles. The van der Waals surface area contributed by atoms with Crippen molar-refractivity contribution in [3.63, 3.8) is 0 Å². The lowest BCUT2D eigenvalue weighted by Gasteiger charge is -1.88. The molecule has 2 N–H and O–H groups in total. The van der Waals surface area contributed by atoms with Crippen molar-refractivity contribution in [2.24, 2.45) is 0 Å². The van der Waals surface area contributed by atoms with Crippen molar-refractivity contribution in [3.8, 4) is 0 Å². The van der Waals surface area contributed by atoms with E-state index in [0.717, 1.165) is 0 Å². The first-order valence-corrected chi connectivity index (χ1v) is 3.66. The lowest BCUT2D eigenvalue weighted by molar-refractivity contribution is -0.107. The molecule has 0 fully saturated rings. The first-order chi connectivity index (χ1) is 6.24.